The van der Waals surface area contributed by atoms with Gasteiger partial charge in [0.2, 0.25) is 0 Å². The van der Waals surface area contributed by atoms with Crippen LogP contribution in [0.3, 0.4) is 0 Å². The largest absolute Gasteiger partial charge is 0.490 e. The van der Waals surface area contributed by atoms with E-state index in [9.17, 15) is 0 Å². The molecule has 3 rings (SSSR count). The van der Waals surface area contributed by atoms with Gasteiger partial charge in [-0.3, -0.25) is 11.3 Å². The van der Waals surface area contributed by atoms with Crippen molar-refractivity contribution in [1.82, 2.24) is 5.43 Å². The Hall–Kier alpha value is -1.30. The van der Waals surface area contributed by atoms with Crippen molar-refractivity contribution in [2.45, 2.75) is 18.9 Å². The van der Waals surface area contributed by atoms with Crippen LogP contribution in [-0.4, -0.2) is 26.4 Å². The van der Waals surface area contributed by atoms with Gasteiger partial charge in [0.1, 0.15) is 0 Å². The lowest BCUT2D eigenvalue weighted by atomic mass is 9.92. The zero-order valence-electron chi connectivity index (χ0n) is 10.9. The highest BCUT2D eigenvalue weighted by atomic mass is 16.5. The second kappa shape index (κ2) is 5.77. The number of ether oxygens (including phenoxy) is 3. The summed E-state index contributed by atoms with van der Waals surface area (Å²) in [6.07, 6.45) is 1.95. The quantitative estimate of drug-likeness (QED) is 0.638. The first-order valence-electron chi connectivity index (χ1n) is 6.82. The van der Waals surface area contributed by atoms with E-state index in [0.29, 0.717) is 19.1 Å². The molecule has 1 fully saturated rings. The lowest BCUT2D eigenvalue weighted by Crippen LogP contribution is -2.33. The highest BCUT2D eigenvalue weighted by Gasteiger charge is 2.27. The number of benzene rings is 1. The third-order valence-electron chi connectivity index (χ3n) is 3.75. The van der Waals surface area contributed by atoms with Gasteiger partial charge in [0.15, 0.2) is 11.5 Å². The molecule has 1 aromatic rings. The summed E-state index contributed by atoms with van der Waals surface area (Å²) in [7, 11) is 0. The summed E-state index contributed by atoms with van der Waals surface area (Å²) in [4.78, 5) is 0. The van der Waals surface area contributed by atoms with Crippen LogP contribution >= 0.6 is 0 Å². The highest BCUT2D eigenvalue weighted by molar-refractivity contribution is 5.44. The van der Waals surface area contributed by atoms with Crippen LogP contribution in [0.15, 0.2) is 18.2 Å². The average molecular weight is 264 g/mol. The maximum Gasteiger partial charge on any atom is 0.161 e. The molecule has 5 heteroatoms. The van der Waals surface area contributed by atoms with Gasteiger partial charge in [-0.25, -0.2) is 0 Å². The van der Waals surface area contributed by atoms with E-state index in [1.54, 1.807) is 0 Å². The summed E-state index contributed by atoms with van der Waals surface area (Å²) in [5.74, 6) is 7.76. The predicted octanol–water partition coefficient (Wildman–Crippen LogP) is 1.39. The number of nitrogens with one attached hydrogen (secondary N) is 1. The van der Waals surface area contributed by atoms with Crippen LogP contribution in [0, 0.1) is 5.92 Å². The van der Waals surface area contributed by atoms with Crippen LogP contribution in [0.5, 0.6) is 11.5 Å². The molecule has 2 aliphatic heterocycles. The van der Waals surface area contributed by atoms with Crippen LogP contribution in [0.4, 0.5) is 0 Å². The topological polar surface area (TPSA) is 65.7 Å². The van der Waals surface area contributed by atoms with Crippen LogP contribution in [-0.2, 0) is 4.74 Å². The van der Waals surface area contributed by atoms with Gasteiger partial charge in [-0.05, 0) is 24.1 Å². The predicted molar refractivity (Wildman–Crippen MR) is 71.0 cm³/mol. The lowest BCUT2D eigenvalue weighted by Gasteiger charge is -2.22. The molecule has 0 saturated carbocycles. The van der Waals surface area contributed by atoms with E-state index in [-0.39, 0.29) is 6.04 Å². The van der Waals surface area contributed by atoms with E-state index < -0.39 is 0 Å². The molecule has 0 radical (unpaired) electrons. The summed E-state index contributed by atoms with van der Waals surface area (Å²) in [6.45, 7) is 2.97. The van der Waals surface area contributed by atoms with Gasteiger partial charge >= 0.3 is 0 Å². The third kappa shape index (κ3) is 2.68. The van der Waals surface area contributed by atoms with Crippen LogP contribution in [0.1, 0.15) is 24.4 Å². The molecule has 0 spiro atoms. The van der Waals surface area contributed by atoms with E-state index in [2.05, 4.69) is 11.5 Å². The van der Waals surface area contributed by atoms with Crippen molar-refractivity contribution in [2.75, 3.05) is 26.4 Å². The molecule has 0 aromatic heterocycles. The first-order chi connectivity index (χ1) is 9.38. The molecule has 1 saturated heterocycles. The third-order valence-corrected chi connectivity index (χ3v) is 3.75. The van der Waals surface area contributed by atoms with E-state index in [1.807, 2.05) is 12.1 Å². The Bertz CT molecular complexity index is 433. The fourth-order valence-corrected chi connectivity index (χ4v) is 2.69. The van der Waals surface area contributed by atoms with Crippen molar-refractivity contribution in [1.29, 1.82) is 0 Å². The highest BCUT2D eigenvalue weighted by Crippen LogP contribution is 2.35. The number of fused-ring (bicyclic) bond motifs is 1. The summed E-state index contributed by atoms with van der Waals surface area (Å²) in [6, 6.07) is 6.15. The van der Waals surface area contributed by atoms with Gasteiger partial charge in [0.25, 0.3) is 0 Å². The second-order valence-electron chi connectivity index (χ2n) is 5.02. The maximum atomic E-state index is 5.72. The summed E-state index contributed by atoms with van der Waals surface area (Å²) in [5.41, 5.74) is 4.03. The molecule has 19 heavy (non-hydrogen) atoms. The van der Waals surface area contributed by atoms with Gasteiger partial charge in [-0.2, -0.15) is 0 Å². The Balaban J connectivity index is 1.85. The molecule has 1 aromatic carbocycles. The van der Waals surface area contributed by atoms with Crippen LogP contribution in [0.2, 0.25) is 0 Å². The number of nitrogens with two attached hydrogens (primary N) is 1. The van der Waals surface area contributed by atoms with Crippen molar-refractivity contribution in [2.24, 2.45) is 11.8 Å². The summed E-state index contributed by atoms with van der Waals surface area (Å²) in [5, 5.41) is 0. The Morgan fingerprint density at radius 1 is 1.16 bits per heavy atom. The molecule has 2 heterocycles. The maximum absolute atomic E-state index is 5.72. The second-order valence-corrected chi connectivity index (χ2v) is 5.02. The van der Waals surface area contributed by atoms with Gasteiger partial charge in [0, 0.05) is 18.9 Å². The molecular weight excluding hydrogens is 244 g/mol. The van der Waals surface area contributed by atoms with Gasteiger partial charge in [-0.15, -0.1) is 0 Å². The minimum Gasteiger partial charge on any atom is -0.490 e. The van der Waals surface area contributed by atoms with E-state index in [1.165, 1.54) is 0 Å². The molecular formula is C14H20N2O3. The Labute approximate surface area is 113 Å². The van der Waals surface area contributed by atoms with Gasteiger partial charge in [0.05, 0.1) is 25.9 Å². The Kier molecular flexibility index (Phi) is 3.87. The van der Waals surface area contributed by atoms with Crippen molar-refractivity contribution >= 4 is 0 Å². The first kappa shape index (κ1) is 12.7. The number of hydrazine groups is 1. The van der Waals surface area contributed by atoms with Crippen molar-refractivity contribution in [3.8, 4) is 11.5 Å². The van der Waals surface area contributed by atoms with Crippen molar-refractivity contribution in [3.05, 3.63) is 23.8 Å². The molecule has 0 amide bonds. The standard InChI is InChI=1S/C14H20N2O3/c15-16-14(11-4-7-17-9-11)10-2-3-12-13(8-10)19-6-1-5-18-12/h2-3,8,11,14,16H,1,4-7,9,15H2. The van der Waals surface area contributed by atoms with Gasteiger partial charge in [-0.1, -0.05) is 6.07 Å². The average Bonchev–Trinajstić information content (AvgIpc) is 2.85. The van der Waals surface area contributed by atoms with Crippen molar-refractivity contribution in [3.63, 3.8) is 0 Å². The number of hydrogen-bond donors (Lipinski definition) is 2. The summed E-state index contributed by atoms with van der Waals surface area (Å²) >= 11 is 0. The Morgan fingerprint density at radius 3 is 2.74 bits per heavy atom. The zero-order valence-corrected chi connectivity index (χ0v) is 10.9. The lowest BCUT2D eigenvalue weighted by molar-refractivity contribution is 0.176. The van der Waals surface area contributed by atoms with Crippen molar-refractivity contribution < 1.29 is 14.2 Å². The van der Waals surface area contributed by atoms with Crippen LogP contribution in [0.25, 0.3) is 0 Å². The number of rotatable bonds is 3. The number of hydrogen-bond acceptors (Lipinski definition) is 5. The molecule has 3 N–H and O–H groups in total. The minimum absolute atomic E-state index is 0.0969. The Morgan fingerprint density at radius 2 is 2.00 bits per heavy atom. The molecule has 2 atom stereocenters. The van der Waals surface area contributed by atoms with Gasteiger partial charge < -0.3 is 14.2 Å². The molecule has 0 bridgehead atoms. The normalized spacial score (nSPS) is 23.9. The summed E-state index contributed by atoms with van der Waals surface area (Å²) < 4.78 is 16.8. The molecule has 104 valence electrons. The minimum atomic E-state index is 0.0969. The van der Waals surface area contributed by atoms with E-state index in [0.717, 1.165) is 43.1 Å². The molecule has 2 unspecified atom stereocenters. The van der Waals surface area contributed by atoms with Crippen LogP contribution < -0.4 is 20.7 Å². The SMILES string of the molecule is NNC(c1ccc2c(c1)OCCCO2)C1CCOC1. The van der Waals surface area contributed by atoms with E-state index in [4.69, 9.17) is 20.1 Å². The zero-order chi connectivity index (χ0) is 13.1. The first-order valence-corrected chi connectivity index (χ1v) is 6.82. The fraction of sp³-hybridized carbons (Fsp3) is 0.571. The molecule has 5 nitrogen and oxygen atoms in total. The van der Waals surface area contributed by atoms with E-state index >= 15 is 0 Å². The molecule has 2 aliphatic rings. The fourth-order valence-electron chi connectivity index (χ4n) is 2.69. The monoisotopic (exact) mass is 264 g/mol. The molecule has 0 aliphatic carbocycles. The smallest absolute Gasteiger partial charge is 0.161 e.